The van der Waals surface area contributed by atoms with Gasteiger partial charge in [-0.2, -0.15) is 0 Å². The Labute approximate surface area is 345 Å². The first-order valence-electron chi connectivity index (χ1n) is 20.5. The number of hydrogen-bond acceptors (Lipinski definition) is 1. The highest BCUT2D eigenvalue weighted by Crippen LogP contribution is 2.52. The first kappa shape index (κ1) is 34.8. The summed E-state index contributed by atoms with van der Waals surface area (Å²) in [6, 6.07) is 79.9. The van der Waals surface area contributed by atoms with Crippen LogP contribution in [0, 0.1) is 0 Å². The molecule has 0 atom stereocenters. The van der Waals surface area contributed by atoms with Crippen molar-refractivity contribution in [3.63, 3.8) is 0 Å². The van der Waals surface area contributed by atoms with Crippen LogP contribution in [0.3, 0.4) is 0 Å². The second-order valence-corrected chi connectivity index (χ2v) is 16.1. The van der Waals surface area contributed by atoms with E-state index in [0.717, 1.165) is 28.3 Å². The summed E-state index contributed by atoms with van der Waals surface area (Å²) in [5, 5.41) is 2.49. The van der Waals surface area contributed by atoms with E-state index in [-0.39, 0.29) is 5.41 Å². The van der Waals surface area contributed by atoms with Crippen LogP contribution in [0.1, 0.15) is 25.0 Å². The van der Waals surface area contributed by atoms with Crippen LogP contribution < -0.4 is 4.90 Å². The van der Waals surface area contributed by atoms with Gasteiger partial charge in [0, 0.05) is 27.4 Å². The predicted octanol–water partition coefficient (Wildman–Crippen LogP) is 15.6. The van der Waals surface area contributed by atoms with Crippen LogP contribution in [-0.4, -0.2) is 4.57 Å². The third kappa shape index (κ3) is 5.56. The van der Waals surface area contributed by atoms with Crippen LogP contribution >= 0.6 is 0 Å². The van der Waals surface area contributed by atoms with Gasteiger partial charge in [-0.05, 0) is 92.5 Å². The maximum absolute atomic E-state index is 2.51. The summed E-state index contributed by atoms with van der Waals surface area (Å²) in [6.45, 7) is 4.73. The lowest BCUT2D eigenvalue weighted by atomic mass is 9.82. The Morgan fingerprint density at radius 3 is 1.53 bits per heavy atom. The fourth-order valence-corrected chi connectivity index (χ4v) is 9.70. The summed E-state index contributed by atoms with van der Waals surface area (Å²) in [5.74, 6) is 0. The molecule has 0 saturated carbocycles. The molecule has 1 aliphatic rings. The van der Waals surface area contributed by atoms with Crippen molar-refractivity contribution in [3.8, 4) is 50.2 Å². The van der Waals surface area contributed by atoms with Gasteiger partial charge in [-0.3, -0.25) is 0 Å². The van der Waals surface area contributed by atoms with Crippen molar-refractivity contribution in [2.24, 2.45) is 0 Å². The second-order valence-electron chi connectivity index (χ2n) is 16.1. The summed E-state index contributed by atoms with van der Waals surface area (Å²) < 4.78 is 2.45. The zero-order valence-electron chi connectivity index (χ0n) is 33.2. The number of para-hydroxylation sites is 5. The quantitative estimate of drug-likeness (QED) is 0.157. The first-order valence-corrected chi connectivity index (χ1v) is 20.5. The average Bonchev–Trinajstić information content (AvgIpc) is 3.75. The summed E-state index contributed by atoms with van der Waals surface area (Å²) in [6.07, 6.45) is 0. The molecule has 1 heterocycles. The molecule has 0 radical (unpaired) electrons. The van der Waals surface area contributed by atoms with E-state index in [1.54, 1.807) is 0 Å². The third-order valence-corrected chi connectivity index (χ3v) is 12.4. The maximum atomic E-state index is 2.51. The van der Waals surface area contributed by atoms with Gasteiger partial charge in [-0.1, -0.05) is 190 Å². The molecule has 0 bridgehead atoms. The summed E-state index contributed by atoms with van der Waals surface area (Å²) in [7, 11) is 0. The van der Waals surface area contributed by atoms with E-state index in [1.165, 1.54) is 71.9 Å². The van der Waals surface area contributed by atoms with Gasteiger partial charge in [0.25, 0.3) is 0 Å². The van der Waals surface area contributed by atoms with Crippen LogP contribution in [0.2, 0.25) is 0 Å². The highest BCUT2D eigenvalue weighted by molar-refractivity contribution is 6.10. The summed E-state index contributed by atoms with van der Waals surface area (Å²) >= 11 is 0. The van der Waals surface area contributed by atoms with Crippen molar-refractivity contribution in [3.05, 3.63) is 230 Å². The molecule has 1 aromatic heterocycles. The Bertz CT molecular complexity index is 3150. The van der Waals surface area contributed by atoms with E-state index in [2.05, 4.69) is 242 Å². The molecule has 10 aromatic rings. The monoisotopic (exact) mass is 754 g/mol. The maximum Gasteiger partial charge on any atom is 0.0702 e. The van der Waals surface area contributed by atoms with E-state index >= 15 is 0 Å². The summed E-state index contributed by atoms with van der Waals surface area (Å²) in [5.41, 5.74) is 19.1. The Hall–Kier alpha value is -7.42. The lowest BCUT2D eigenvalue weighted by Crippen LogP contribution is -2.17. The van der Waals surface area contributed by atoms with Crippen LogP contribution in [0.25, 0.3) is 72.0 Å². The fraction of sp³-hybridized carbons (Fsp3) is 0.0526. The molecule has 0 saturated heterocycles. The number of nitrogens with zero attached hydrogens (tertiary/aromatic N) is 2. The standard InChI is InChI=1S/C57H42N2/c1-57(2)50-30-14-10-26-45(50)46-37-36-40(38-51(46)57)58(55-34-18-19-35-56(55)59-53-32-16-12-28-48(53)49-29-13-17-33-54(49)59)52-31-15-11-27-47(52)44-25-9-8-24-43(44)42-23-7-6-22-41(42)39-20-4-3-5-21-39/h3-38H,1-2H3. The van der Waals surface area contributed by atoms with Crippen LogP contribution in [0.15, 0.2) is 218 Å². The number of hydrogen-bond donors (Lipinski definition) is 0. The lowest BCUT2D eigenvalue weighted by molar-refractivity contribution is 0.660. The molecule has 0 spiro atoms. The molecule has 0 N–H and O–H groups in total. The lowest BCUT2D eigenvalue weighted by Gasteiger charge is -2.32. The van der Waals surface area contributed by atoms with Gasteiger partial charge in [0.05, 0.1) is 28.1 Å². The molecule has 59 heavy (non-hydrogen) atoms. The minimum absolute atomic E-state index is 0.160. The second kappa shape index (κ2) is 13.9. The molecule has 0 amide bonds. The number of benzene rings is 9. The fourth-order valence-electron chi connectivity index (χ4n) is 9.70. The SMILES string of the molecule is CC1(C)c2ccccc2-c2ccc(N(c3ccccc3-c3ccccc3-c3ccccc3-c3ccccc3)c3ccccc3-n3c4ccccc4c4ccccc43)cc21. The molecule has 1 aliphatic carbocycles. The van der Waals surface area contributed by atoms with Crippen molar-refractivity contribution in [1.82, 2.24) is 4.57 Å². The van der Waals surface area contributed by atoms with Gasteiger partial charge in [0.1, 0.15) is 0 Å². The van der Waals surface area contributed by atoms with Gasteiger partial charge in [0.15, 0.2) is 0 Å². The van der Waals surface area contributed by atoms with E-state index in [1.807, 2.05) is 0 Å². The highest BCUT2D eigenvalue weighted by Gasteiger charge is 2.36. The van der Waals surface area contributed by atoms with Gasteiger partial charge in [-0.15, -0.1) is 0 Å². The zero-order valence-corrected chi connectivity index (χ0v) is 33.2. The molecule has 0 unspecified atom stereocenters. The predicted molar refractivity (Wildman–Crippen MR) is 249 cm³/mol. The van der Waals surface area contributed by atoms with E-state index in [9.17, 15) is 0 Å². The first-order chi connectivity index (χ1) is 29.1. The minimum atomic E-state index is -0.160. The Morgan fingerprint density at radius 1 is 0.356 bits per heavy atom. The number of rotatable bonds is 7. The van der Waals surface area contributed by atoms with Crippen LogP contribution in [-0.2, 0) is 5.41 Å². The Kier molecular flexibility index (Phi) is 8.20. The van der Waals surface area contributed by atoms with Crippen LogP contribution in [0.4, 0.5) is 17.1 Å². The summed E-state index contributed by atoms with van der Waals surface area (Å²) in [4.78, 5) is 2.51. The zero-order chi connectivity index (χ0) is 39.5. The van der Waals surface area contributed by atoms with E-state index < -0.39 is 0 Å². The molecule has 0 fully saturated rings. The number of anilines is 3. The van der Waals surface area contributed by atoms with Gasteiger partial charge in [-0.25, -0.2) is 0 Å². The van der Waals surface area contributed by atoms with Crippen molar-refractivity contribution in [1.29, 1.82) is 0 Å². The van der Waals surface area contributed by atoms with E-state index in [0.29, 0.717) is 0 Å². The van der Waals surface area contributed by atoms with Gasteiger partial charge >= 0.3 is 0 Å². The molecule has 9 aromatic carbocycles. The Morgan fingerprint density at radius 2 is 0.831 bits per heavy atom. The molecule has 0 aliphatic heterocycles. The van der Waals surface area contributed by atoms with Crippen molar-refractivity contribution in [2.45, 2.75) is 19.3 Å². The van der Waals surface area contributed by atoms with E-state index in [4.69, 9.17) is 0 Å². The highest BCUT2D eigenvalue weighted by atomic mass is 15.2. The van der Waals surface area contributed by atoms with Crippen molar-refractivity contribution >= 4 is 38.9 Å². The molecule has 280 valence electrons. The molecule has 2 heteroatoms. The number of aromatic nitrogens is 1. The number of fused-ring (bicyclic) bond motifs is 6. The smallest absolute Gasteiger partial charge is 0.0702 e. The minimum Gasteiger partial charge on any atom is -0.308 e. The molecule has 2 nitrogen and oxygen atoms in total. The normalized spacial score (nSPS) is 12.7. The van der Waals surface area contributed by atoms with Crippen molar-refractivity contribution < 1.29 is 0 Å². The van der Waals surface area contributed by atoms with Gasteiger partial charge in [0.2, 0.25) is 0 Å². The molecular formula is C57H42N2. The average molecular weight is 755 g/mol. The molecular weight excluding hydrogens is 713 g/mol. The third-order valence-electron chi connectivity index (χ3n) is 12.4. The topological polar surface area (TPSA) is 8.17 Å². The van der Waals surface area contributed by atoms with Crippen LogP contribution in [0.5, 0.6) is 0 Å². The van der Waals surface area contributed by atoms with Crippen molar-refractivity contribution in [2.75, 3.05) is 4.90 Å². The largest absolute Gasteiger partial charge is 0.308 e. The Balaban J connectivity index is 1.19. The van der Waals surface area contributed by atoms with Gasteiger partial charge < -0.3 is 9.47 Å². The molecule has 11 rings (SSSR count).